The van der Waals surface area contributed by atoms with Crippen LogP contribution in [0.5, 0.6) is 5.75 Å². The van der Waals surface area contributed by atoms with Gasteiger partial charge in [0, 0.05) is 31.7 Å². The molecule has 1 heterocycles. The number of alkyl halides is 2. The predicted molar refractivity (Wildman–Crippen MR) is 69.3 cm³/mol. The van der Waals surface area contributed by atoms with Gasteiger partial charge in [0.25, 0.3) is 0 Å². The van der Waals surface area contributed by atoms with Gasteiger partial charge in [-0.2, -0.15) is 8.78 Å². The molecule has 1 aromatic carbocycles. The number of benzene rings is 1. The number of primary amides is 1. The van der Waals surface area contributed by atoms with E-state index in [2.05, 4.69) is 10.1 Å². The fourth-order valence-electron chi connectivity index (χ4n) is 2.28. The first kappa shape index (κ1) is 14.7. The minimum atomic E-state index is -2.87. The smallest absolute Gasteiger partial charge is 0.387 e. The molecule has 0 spiro atoms. The maximum atomic E-state index is 12.4. The Morgan fingerprint density at radius 2 is 2.25 bits per heavy atom. The molecule has 0 aliphatic carbocycles. The summed E-state index contributed by atoms with van der Waals surface area (Å²) in [6, 6.07) is 6.13. The number of carbonyl (C=O) groups is 1. The van der Waals surface area contributed by atoms with Gasteiger partial charge in [-0.1, -0.05) is 18.2 Å². The van der Waals surface area contributed by atoms with E-state index < -0.39 is 18.6 Å². The molecular formula is C13H17F2N3O2. The summed E-state index contributed by atoms with van der Waals surface area (Å²) in [6.45, 7) is -0.713. The molecule has 7 heteroatoms. The van der Waals surface area contributed by atoms with Gasteiger partial charge in [-0.3, -0.25) is 9.69 Å². The van der Waals surface area contributed by atoms with Crippen LogP contribution in [0.3, 0.4) is 0 Å². The third kappa shape index (κ3) is 3.64. The van der Waals surface area contributed by atoms with Crippen LogP contribution in [-0.2, 0) is 11.3 Å². The second-order valence-electron chi connectivity index (χ2n) is 4.58. The predicted octanol–water partition coefficient (Wildman–Crippen LogP) is 0.547. The van der Waals surface area contributed by atoms with E-state index in [0.717, 1.165) is 6.54 Å². The van der Waals surface area contributed by atoms with Crippen LogP contribution in [0.15, 0.2) is 24.3 Å². The lowest BCUT2D eigenvalue weighted by Crippen LogP contribution is -2.56. The third-order valence-electron chi connectivity index (χ3n) is 3.24. The number of para-hydroxylation sites is 1. The minimum absolute atomic E-state index is 0.129. The van der Waals surface area contributed by atoms with Gasteiger partial charge in [0.15, 0.2) is 0 Å². The van der Waals surface area contributed by atoms with Gasteiger partial charge in [-0.05, 0) is 6.07 Å². The van der Waals surface area contributed by atoms with Gasteiger partial charge in [0.2, 0.25) is 5.91 Å². The minimum Gasteiger partial charge on any atom is -0.434 e. The van der Waals surface area contributed by atoms with Crippen LogP contribution in [-0.4, -0.2) is 43.1 Å². The van der Waals surface area contributed by atoms with Crippen LogP contribution >= 0.6 is 0 Å². The van der Waals surface area contributed by atoms with Crippen LogP contribution in [0, 0.1) is 0 Å². The largest absolute Gasteiger partial charge is 0.434 e. The highest BCUT2D eigenvalue weighted by Crippen LogP contribution is 2.23. The van der Waals surface area contributed by atoms with Gasteiger partial charge in [-0.15, -0.1) is 0 Å². The van der Waals surface area contributed by atoms with Gasteiger partial charge in [0.1, 0.15) is 11.8 Å². The van der Waals surface area contributed by atoms with E-state index in [0.29, 0.717) is 25.2 Å². The van der Waals surface area contributed by atoms with Crippen molar-refractivity contribution in [1.82, 2.24) is 10.2 Å². The number of hydrogen-bond donors (Lipinski definition) is 2. The quantitative estimate of drug-likeness (QED) is 0.829. The van der Waals surface area contributed by atoms with Crippen molar-refractivity contribution in [2.24, 2.45) is 5.73 Å². The first-order valence-corrected chi connectivity index (χ1v) is 6.34. The van der Waals surface area contributed by atoms with Gasteiger partial charge >= 0.3 is 6.61 Å². The van der Waals surface area contributed by atoms with Crippen LogP contribution in [0.4, 0.5) is 8.78 Å². The van der Waals surface area contributed by atoms with Gasteiger partial charge < -0.3 is 15.8 Å². The van der Waals surface area contributed by atoms with Crippen molar-refractivity contribution >= 4 is 5.91 Å². The fraction of sp³-hybridized carbons (Fsp3) is 0.462. The molecule has 110 valence electrons. The molecule has 20 heavy (non-hydrogen) atoms. The van der Waals surface area contributed by atoms with Crippen molar-refractivity contribution in [3.05, 3.63) is 29.8 Å². The molecule has 1 aromatic rings. The van der Waals surface area contributed by atoms with E-state index >= 15 is 0 Å². The summed E-state index contributed by atoms with van der Waals surface area (Å²) >= 11 is 0. The second-order valence-corrected chi connectivity index (χ2v) is 4.58. The lowest BCUT2D eigenvalue weighted by atomic mass is 10.1. The Labute approximate surface area is 115 Å². The zero-order valence-corrected chi connectivity index (χ0v) is 10.9. The second kappa shape index (κ2) is 6.62. The summed E-state index contributed by atoms with van der Waals surface area (Å²) in [5, 5.41) is 3.09. The van der Waals surface area contributed by atoms with E-state index in [1.165, 1.54) is 6.07 Å². The maximum Gasteiger partial charge on any atom is 0.387 e. The van der Waals surface area contributed by atoms with Crippen molar-refractivity contribution in [3.63, 3.8) is 0 Å². The Hall–Kier alpha value is -1.73. The lowest BCUT2D eigenvalue weighted by molar-refractivity contribution is -0.124. The SMILES string of the molecule is NC(=O)C1CNCCN1Cc1ccccc1OC(F)F. The molecule has 1 aliphatic heterocycles. The number of ether oxygens (including phenoxy) is 1. The normalized spacial score (nSPS) is 20.1. The number of nitrogens with zero attached hydrogens (tertiary/aromatic N) is 1. The number of piperazine rings is 1. The molecule has 0 bridgehead atoms. The van der Waals surface area contributed by atoms with E-state index in [9.17, 15) is 13.6 Å². The summed E-state index contributed by atoms with van der Waals surface area (Å²) in [4.78, 5) is 13.3. The monoisotopic (exact) mass is 285 g/mol. The van der Waals surface area contributed by atoms with Crippen LogP contribution in [0.25, 0.3) is 0 Å². The third-order valence-corrected chi connectivity index (χ3v) is 3.24. The van der Waals surface area contributed by atoms with E-state index in [4.69, 9.17) is 5.73 Å². The fourth-order valence-corrected chi connectivity index (χ4v) is 2.28. The zero-order valence-electron chi connectivity index (χ0n) is 10.9. The number of hydrogen-bond acceptors (Lipinski definition) is 4. The lowest BCUT2D eigenvalue weighted by Gasteiger charge is -2.34. The Morgan fingerprint density at radius 3 is 2.95 bits per heavy atom. The summed E-state index contributed by atoms with van der Waals surface area (Å²) in [6.07, 6.45) is 0. The van der Waals surface area contributed by atoms with Gasteiger partial charge in [-0.25, -0.2) is 0 Å². The molecule has 0 saturated carbocycles. The molecule has 1 unspecified atom stereocenters. The highest BCUT2D eigenvalue weighted by Gasteiger charge is 2.27. The van der Waals surface area contributed by atoms with Crippen molar-refractivity contribution in [3.8, 4) is 5.75 Å². The van der Waals surface area contributed by atoms with Crippen molar-refractivity contribution in [2.75, 3.05) is 19.6 Å². The molecule has 2 rings (SSSR count). The topological polar surface area (TPSA) is 67.6 Å². The van der Waals surface area contributed by atoms with Crippen molar-refractivity contribution in [1.29, 1.82) is 0 Å². The number of halogens is 2. The van der Waals surface area contributed by atoms with E-state index in [1.54, 1.807) is 18.2 Å². The molecule has 1 aliphatic rings. The molecule has 1 atom stereocenters. The van der Waals surface area contributed by atoms with E-state index in [1.807, 2.05) is 4.90 Å². The Balaban J connectivity index is 2.13. The number of rotatable bonds is 5. The highest BCUT2D eigenvalue weighted by atomic mass is 19.3. The van der Waals surface area contributed by atoms with Crippen LogP contribution in [0.1, 0.15) is 5.56 Å². The van der Waals surface area contributed by atoms with Crippen molar-refractivity contribution < 1.29 is 18.3 Å². The first-order chi connectivity index (χ1) is 9.58. The van der Waals surface area contributed by atoms with E-state index in [-0.39, 0.29) is 5.75 Å². The van der Waals surface area contributed by atoms with Gasteiger partial charge in [0.05, 0.1) is 0 Å². The average molecular weight is 285 g/mol. The molecule has 1 saturated heterocycles. The molecule has 1 fully saturated rings. The molecule has 1 amide bonds. The molecular weight excluding hydrogens is 268 g/mol. The summed E-state index contributed by atoms with van der Waals surface area (Å²) in [7, 11) is 0. The zero-order chi connectivity index (χ0) is 14.5. The molecule has 3 N–H and O–H groups in total. The summed E-state index contributed by atoms with van der Waals surface area (Å²) in [5.41, 5.74) is 5.97. The van der Waals surface area contributed by atoms with Crippen LogP contribution < -0.4 is 15.8 Å². The molecule has 0 aromatic heterocycles. The Morgan fingerprint density at radius 1 is 1.50 bits per heavy atom. The number of amides is 1. The molecule has 5 nitrogen and oxygen atoms in total. The van der Waals surface area contributed by atoms with Crippen molar-refractivity contribution in [2.45, 2.75) is 19.2 Å². The number of nitrogens with one attached hydrogen (secondary N) is 1. The standard InChI is InChI=1S/C13H17F2N3O2/c14-13(15)20-11-4-2-1-3-9(11)8-18-6-5-17-7-10(18)12(16)19/h1-4,10,13,17H,5-8H2,(H2,16,19). The molecule has 0 radical (unpaired) electrons. The first-order valence-electron chi connectivity index (χ1n) is 6.34. The Kier molecular flexibility index (Phi) is 4.86. The average Bonchev–Trinajstić information content (AvgIpc) is 2.41. The highest BCUT2D eigenvalue weighted by molar-refractivity contribution is 5.80. The summed E-state index contributed by atoms with van der Waals surface area (Å²) in [5.74, 6) is -0.297. The van der Waals surface area contributed by atoms with Crippen LogP contribution in [0.2, 0.25) is 0 Å². The number of nitrogens with two attached hydrogens (primary N) is 1. The number of carbonyl (C=O) groups excluding carboxylic acids is 1. The Bertz CT molecular complexity index is 471. The maximum absolute atomic E-state index is 12.4. The summed E-state index contributed by atoms with van der Waals surface area (Å²) < 4.78 is 29.2.